The fourth-order valence-corrected chi connectivity index (χ4v) is 2.66. The van der Waals surface area contributed by atoms with Gasteiger partial charge in [0.05, 0.1) is 5.39 Å². The third-order valence-electron chi connectivity index (χ3n) is 2.84. The molecule has 2 aromatic rings. The summed E-state index contributed by atoms with van der Waals surface area (Å²) >= 11 is 1.59. The molecule has 0 aliphatic carbocycles. The van der Waals surface area contributed by atoms with Crippen LogP contribution in [-0.4, -0.2) is 16.5 Å². The van der Waals surface area contributed by atoms with Crippen LogP contribution < -0.4 is 11.1 Å². The minimum absolute atomic E-state index is 0.342. The van der Waals surface area contributed by atoms with Gasteiger partial charge in [-0.1, -0.05) is 26.7 Å². The lowest BCUT2D eigenvalue weighted by Crippen LogP contribution is -2.06. The van der Waals surface area contributed by atoms with Gasteiger partial charge < -0.3 is 11.1 Å². The Morgan fingerprint density at radius 1 is 1.33 bits per heavy atom. The first-order valence-electron chi connectivity index (χ1n) is 6.41. The maximum absolute atomic E-state index is 5.70. The lowest BCUT2D eigenvalue weighted by Gasteiger charge is -2.08. The van der Waals surface area contributed by atoms with Crippen molar-refractivity contribution in [3.63, 3.8) is 0 Å². The average molecular weight is 264 g/mol. The summed E-state index contributed by atoms with van der Waals surface area (Å²) < 4.78 is 0. The average Bonchev–Trinajstić information content (AvgIpc) is 2.75. The summed E-state index contributed by atoms with van der Waals surface area (Å²) in [5, 5.41) is 6.45. The van der Waals surface area contributed by atoms with Crippen LogP contribution in [0.3, 0.4) is 0 Å². The van der Waals surface area contributed by atoms with Crippen molar-refractivity contribution >= 4 is 33.3 Å². The SMILES string of the molecule is CC(C)CCCCNc1nc(N)nc2sccc12. The highest BCUT2D eigenvalue weighted by Gasteiger charge is 2.06. The summed E-state index contributed by atoms with van der Waals surface area (Å²) in [4.78, 5) is 9.43. The predicted octanol–water partition coefficient (Wildman–Crippen LogP) is 3.51. The second-order valence-electron chi connectivity index (χ2n) is 4.89. The first-order chi connectivity index (χ1) is 8.66. The highest BCUT2D eigenvalue weighted by Crippen LogP contribution is 2.25. The van der Waals surface area contributed by atoms with Crippen molar-refractivity contribution in [1.82, 2.24) is 9.97 Å². The predicted molar refractivity (Wildman–Crippen MR) is 79.0 cm³/mol. The molecule has 4 nitrogen and oxygen atoms in total. The monoisotopic (exact) mass is 264 g/mol. The van der Waals surface area contributed by atoms with Crippen LogP contribution in [0.1, 0.15) is 33.1 Å². The number of nitrogens with one attached hydrogen (secondary N) is 1. The largest absolute Gasteiger partial charge is 0.369 e. The Bertz CT molecular complexity index is 507. The molecular formula is C13H20N4S. The zero-order valence-corrected chi connectivity index (χ0v) is 11.8. The molecule has 0 aliphatic rings. The highest BCUT2D eigenvalue weighted by atomic mass is 32.1. The molecule has 98 valence electrons. The summed E-state index contributed by atoms with van der Waals surface area (Å²) in [7, 11) is 0. The Labute approximate surface area is 112 Å². The van der Waals surface area contributed by atoms with Crippen molar-refractivity contribution in [1.29, 1.82) is 0 Å². The van der Waals surface area contributed by atoms with Gasteiger partial charge in [-0.3, -0.25) is 0 Å². The minimum Gasteiger partial charge on any atom is -0.369 e. The van der Waals surface area contributed by atoms with Crippen molar-refractivity contribution in [2.45, 2.75) is 33.1 Å². The van der Waals surface area contributed by atoms with E-state index in [1.54, 1.807) is 11.3 Å². The lowest BCUT2D eigenvalue weighted by molar-refractivity contribution is 0.544. The summed E-state index contributed by atoms with van der Waals surface area (Å²) in [6.45, 7) is 5.45. The smallest absolute Gasteiger partial charge is 0.223 e. The van der Waals surface area contributed by atoms with Crippen molar-refractivity contribution in [3.8, 4) is 0 Å². The Morgan fingerprint density at radius 2 is 2.17 bits per heavy atom. The van der Waals surface area contributed by atoms with Crippen LogP contribution in [0.25, 0.3) is 10.2 Å². The molecule has 0 aliphatic heterocycles. The quantitative estimate of drug-likeness (QED) is 0.784. The summed E-state index contributed by atoms with van der Waals surface area (Å²) in [6.07, 6.45) is 3.69. The van der Waals surface area contributed by atoms with Crippen LogP contribution in [-0.2, 0) is 0 Å². The second kappa shape index (κ2) is 6.00. The second-order valence-corrected chi connectivity index (χ2v) is 5.78. The maximum Gasteiger partial charge on any atom is 0.223 e. The van der Waals surface area contributed by atoms with E-state index in [1.165, 1.54) is 12.8 Å². The van der Waals surface area contributed by atoms with Crippen LogP contribution in [0.5, 0.6) is 0 Å². The number of hydrogen-bond donors (Lipinski definition) is 2. The van der Waals surface area contributed by atoms with E-state index in [2.05, 4.69) is 29.1 Å². The topological polar surface area (TPSA) is 63.8 Å². The molecule has 0 amide bonds. The van der Waals surface area contributed by atoms with Gasteiger partial charge in [0.15, 0.2) is 0 Å². The van der Waals surface area contributed by atoms with Gasteiger partial charge in [-0.15, -0.1) is 11.3 Å². The molecule has 2 heterocycles. The van der Waals surface area contributed by atoms with Gasteiger partial charge >= 0.3 is 0 Å². The molecule has 0 spiro atoms. The normalized spacial score (nSPS) is 11.3. The minimum atomic E-state index is 0.342. The van der Waals surface area contributed by atoms with Gasteiger partial charge in [0.25, 0.3) is 0 Å². The molecule has 18 heavy (non-hydrogen) atoms. The fourth-order valence-electron chi connectivity index (χ4n) is 1.89. The molecule has 3 N–H and O–H groups in total. The fraction of sp³-hybridized carbons (Fsp3) is 0.538. The molecule has 2 rings (SSSR count). The Morgan fingerprint density at radius 3 is 2.94 bits per heavy atom. The number of hydrogen-bond acceptors (Lipinski definition) is 5. The molecule has 0 fully saturated rings. The molecule has 2 aromatic heterocycles. The Hall–Kier alpha value is -1.36. The molecule has 0 unspecified atom stereocenters. The van der Waals surface area contributed by atoms with Crippen LogP contribution in [0, 0.1) is 5.92 Å². The van der Waals surface area contributed by atoms with Gasteiger partial charge in [0.2, 0.25) is 5.95 Å². The standard InChI is InChI=1S/C13H20N4S/c1-9(2)5-3-4-7-15-11-10-6-8-18-12(10)17-13(14)16-11/h6,8-9H,3-5,7H2,1-2H3,(H3,14,15,16,17). The van der Waals surface area contributed by atoms with Crippen LogP contribution in [0.2, 0.25) is 0 Å². The third kappa shape index (κ3) is 3.32. The number of unbranched alkanes of at least 4 members (excludes halogenated alkanes) is 1. The Kier molecular flexibility index (Phi) is 4.36. The highest BCUT2D eigenvalue weighted by molar-refractivity contribution is 7.16. The van der Waals surface area contributed by atoms with E-state index in [-0.39, 0.29) is 0 Å². The third-order valence-corrected chi connectivity index (χ3v) is 3.65. The van der Waals surface area contributed by atoms with E-state index in [4.69, 9.17) is 5.73 Å². The number of aromatic nitrogens is 2. The van der Waals surface area contributed by atoms with E-state index in [0.717, 1.165) is 34.9 Å². The molecule has 0 saturated carbocycles. The van der Waals surface area contributed by atoms with Crippen molar-refractivity contribution in [3.05, 3.63) is 11.4 Å². The van der Waals surface area contributed by atoms with E-state index < -0.39 is 0 Å². The van der Waals surface area contributed by atoms with Crippen LogP contribution in [0.4, 0.5) is 11.8 Å². The number of fused-ring (bicyclic) bond motifs is 1. The first-order valence-corrected chi connectivity index (χ1v) is 7.29. The van der Waals surface area contributed by atoms with Crippen molar-refractivity contribution in [2.24, 2.45) is 5.92 Å². The number of rotatable bonds is 6. The zero-order chi connectivity index (χ0) is 13.0. The molecule has 0 atom stereocenters. The van der Waals surface area contributed by atoms with Crippen molar-refractivity contribution in [2.75, 3.05) is 17.6 Å². The van der Waals surface area contributed by atoms with Gasteiger partial charge in [-0.25, -0.2) is 4.98 Å². The van der Waals surface area contributed by atoms with E-state index in [9.17, 15) is 0 Å². The zero-order valence-electron chi connectivity index (χ0n) is 10.9. The molecule has 0 saturated heterocycles. The summed E-state index contributed by atoms with van der Waals surface area (Å²) in [6, 6.07) is 2.04. The van der Waals surface area contributed by atoms with Gasteiger partial charge in [0, 0.05) is 6.54 Å². The molecular weight excluding hydrogens is 244 g/mol. The number of anilines is 2. The van der Waals surface area contributed by atoms with Crippen LogP contribution in [0.15, 0.2) is 11.4 Å². The van der Waals surface area contributed by atoms with Crippen LogP contribution >= 0.6 is 11.3 Å². The number of nitrogens with zero attached hydrogens (tertiary/aromatic N) is 2. The molecule has 5 heteroatoms. The molecule has 0 radical (unpaired) electrons. The van der Waals surface area contributed by atoms with Crippen molar-refractivity contribution < 1.29 is 0 Å². The van der Waals surface area contributed by atoms with E-state index in [0.29, 0.717) is 5.95 Å². The van der Waals surface area contributed by atoms with Gasteiger partial charge in [-0.05, 0) is 23.8 Å². The first kappa shape index (κ1) is 13.1. The Balaban J connectivity index is 1.93. The lowest BCUT2D eigenvalue weighted by atomic mass is 10.1. The van der Waals surface area contributed by atoms with Gasteiger partial charge in [0.1, 0.15) is 10.6 Å². The molecule has 0 bridgehead atoms. The maximum atomic E-state index is 5.70. The van der Waals surface area contributed by atoms with E-state index >= 15 is 0 Å². The number of nitrogen functional groups attached to an aromatic ring is 1. The number of nitrogens with two attached hydrogens (primary N) is 1. The summed E-state index contributed by atoms with van der Waals surface area (Å²) in [5.41, 5.74) is 5.70. The van der Waals surface area contributed by atoms with Gasteiger partial charge in [-0.2, -0.15) is 4.98 Å². The number of thiophene rings is 1. The van der Waals surface area contributed by atoms with E-state index in [1.807, 2.05) is 11.4 Å². The molecule has 0 aromatic carbocycles. The summed E-state index contributed by atoms with van der Waals surface area (Å²) in [5.74, 6) is 1.99.